The van der Waals surface area contributed by atoms with Crippen LogP contribution in [0.3, 0.4) is 0 Å². The molecule has 60 valence electrons. The van der Waals surface area contributed by atoms with Gasteiger partial charge in [-0.2, -0.15) is 0 Å². The van der Waals surface area contributed by atoms with Crippen LogP contribution in [0.15, 0.2) is 12.2 Å². The standard InChI is InChI=1S/C9H19N/c1-5-6-7-8-9(2,3)10-4/h7-8,10H,5-6H2,1-4H3/b8-7+. The van der Waals surface area contributed by atoms with E-state index in [0.29, 0.717) is 0 Å². The van der Waals surface area contributed by atoms with Crippen molar-refractivity contribution in [1.29, 1.82) is 0 Å². The Balaban J connectivity index is 3.63. The summed E-state index contributed by atoms with van der Waals surface area (Å²) in [5, 5.41) is 3.21. The average Bonchev–Trinajstić information content (AvgIpc) is 1.89. The molecule has 1 N–H and O–H groups in total. The minimum absolute atomic E-state index is 0.162. The molecule has 0 saturated heterocycles. The SMILES string of the molecule is CCC/C=C/C(C)(C)NC. The average molecular weight is 141 g/mol. The van der Waals surface area contributed by atoms with E-state index >= 15 is 0 Å². The van der Waals surface area contributed by atoms with Crippen LogP contribution in [0.2, 0.25) is 0 Å². The van der Waals surface area contributed by atoms with Crippen LogP contribution in [0.1, 0.15) is 33.6 Å². The highest BCUT2D eigenvalue weighted by molar-refractivity contribution is 4.99. The van der Waals surface area contributed by atoms with Gasteiger partial charge < -0.3 is 5.32 Å². The van der Waals surface area contributed by atoms with Crippen molar-refractivity contribution in [1.82, 2.24) is 5.32 Å². The molecule has 0 aromatic carbocycles. The van der Waals surface area contributed by atoms with Crippen molar-refractivity contribution in [2.45, 2.75) is 39.2 Å². The van der Waals surface area contributed by atoms with E-state index in [1.165, 1.54) is 12.8 Å². The van der Waals surface area contributed by atoms with Gasteiger partial charge in [0.15, 0.2) is 0 Å². The molecular weight excluding hydrogens is 122 g/mol. The normalized spacial score (nSPS) is 12.8. The van der Waals surface area contributed by atoms with Gasteiger partial charge in [-0.3, -0.25) is 0 Å². The first-order valence-electron chi connectivity index (χ1n) is 3.99. The maximum absolute atomic E-state index is 3.21. The summed E-state index contributed by atoms with van der Waals surface area (Å²) in [5.41, 5.74) is 0.162. The van der Waals surface area contributed by atoms with Crippen molar-refractivity contribution < 1.29 is 0 Å². The lowest BCUT2D eigenvalue weighted by Gasteiger charge is -2.18. The van der Waals surface area contributed by atoms with Gasteiger partial charge in [0.1, 0.15) is 0 Å². The van der Waals surface area contributed by atoms with Gasteiger partial charge in [0, 0.05) is 5.54 Å². The van der Waals surface area contributed by atoms with E-state index in [4.69, 9.17) is 0 Å². The fraction of sp³-hybridized carbons (Fsp3) is 0.778. The minimum atomic E-state index is 0.162. The predicted molar refractivity (Wildman–Crippen MR) is 47.2 cm³/mol. The Morgan fingerprint density at radius 3 is 2.40 bits per heavy atom. The first-order chi connectivity index (χ1) is 4.62. The van der Waals surface area contributed by atoms with Crippen LogP contribution >= 0.6 is 0 Å². The summed E-state index contributed by atoms with van der Waals surface area (Å²) in [7, 11) is 1.98. The lowest BCUT2D eigenvalue weighted by Crippen LogP contribution is -2.33. The highest BCUT2D eigenvalue weighted by Crippen LogP contribution is 2.03. The highest BCUT2D eigenvalue weighted by atomic mass is 14.9. The Kier molecular flexibility index (Phi) is 4.37. The molecule has 0 radical (unpaired) electrons. The summed E-state index contributed by atoms with van der Waals surface area (Å²) in [6, 6.07) is 0. The zero-order valence-corrected chi connectivity index (χ0v) is 7.57. The molecule has 0 aromatic heterocycles. The number of hydrogen-bond donors (Lipinski definition) is 1. The number of rotatable bonds is 4. The lowest BCUT2D eigenvalue weighted by atomic mass is 10.1. The van der Waals surface area contributed by atoms with E-state index in [1.807, 2.05) is 7.05 Å². The molecular formula is C9H19N. The van der Waals surface area contributed by atoms with Crippen LogP contribution in [0, 0.1) is 0 Å². The van der Waals surface area contributed by atoms with Gasteiger partial charge in [-0.15, -0.1) is 0 Å². The van der Waals surface area contributed by atoms with Crippen LogP contribution in [0.25, 0.3) is 0 Å². The molecule has 0 heterocycles. The van der Waals surface area contributed by atoms with Gasteiger partial charge in [0.2, 0.25) is 0 Å². The van der Waals surface area contributed by atoms with E-state index < -0.39 is 0 Å². The summed E-state index contributed by atoms with van der Waals surface area (Å²) in [4.78, 5) is 0. The number of nitrogens with one attached hydrogen (secondary N) is 1. The Hall–Kier alpha value is -0.300. The first-order valence-corrected chi connectivity index (χ1v) is 3.99. The molecule has 0 fully saturated rings. The van der Waals surface area contributed by atoms with Crippen molar-refractivity contribution in [3.63, 3.8) is 0 Å². The predicted octanol–water partition coefficient (Wildman–Crippen LogP) is 2.34. The van der Waals surface area contributed by atoms with Crippen LogP contribution < -0.4 is 5.32 Å². The smallest absolute Gasteiger partial charge is 0.0304 e. The van der Waals surface area contributed by atoms with Gasteiger partial charge in [-0.1, -0.05) is 25.5 Å². The van der Waals surface area contributed by atoms with Crippen LogP contribution in [0.4, 0.5) is 0 Å². The molecule has 0 aliphatic rings. The molecule has 0 spiro atoms. The highest BCUT2D eigenvalue weighted by Gasteiger charge is 2.07. The second-order valence-corrected chi connectivity index (χ2v) is 3.16. The Morgan fingerprint density at radius 1 is 1.40 bits per heavy atom. The van der Waals surface area contributed by atoms with E-state index in [-0.39, 0.29) is 5.54 Å². The lowest BCUT2D eigenvalue weighted by molar-refractivity contribution is 0.526. The van der Waals surface area contributed by atoms with Gasteiger partial charge in [0.25, 0.3) is 0 Å². The summed E-state index contributed by atoms with van der Waals surface area (Å²) in [5.74, 6) is 0. The van der Waals surface area contributed by atoms with Crippen molar-refractivity contribution in [2.75, 3.05) is 7.05 Å². The molecule has 1 heteroatoms. The molecule has 0 amide bonds. The van der Waals surface area contributed by atoms with Crippen molar-refractivity contribution in [2.24, 2.45) is 0 Å². The third-order valence-electron chi connectivity index (χ3n) is 1.63. The van der Waals surface area contributed by atoms with Gasteiger partial charge in [0.05, 0.1) is 0 Å². The molecule has 0 atom stereocenters. The fourth-order valence-electron chi connectivity index (χ4n) is 0.628. The number of hydrogen-bond acceptors (Lipinski definition) is 1. The largest absolute Gasteiger partial charge is 0.311 e. The summed E-state index contributed by atoms with van der Waals surface area (Å²) < 4.78 is 0. The van der Waals surface area contributed by atoms with E-state index in [2.05, 4.69) is 38.2 Å². The molecule has 0 unspecified atom stereocenters. The van der Waals surface area contributed by atoms with Crippen molar-refractivity contribution in [3.05, 3.63) is 12.2 Å². The molecule has 0 rings (SSSR count). The maximum atomic E-state index is 3.21. The van der Waals surface area contributed by atoms with Crippen molar-refractivity contribution in [3.8, 4) is 0 Å². The maximum Gasteiger partial charge on any atom is 0.0304 e. The zero-order chi connectivity index (χ0) is 8.04. The molecule has 1 nitrogen and oxygen atoms in total. The van der Waals surface area contributed by atoms with E-state index in [1.54, 1.807) is 0 Å². The third kappa shape index (κ3) is 4.57. The molecule has 0 bridgehead atoms. The Bertz CT molecular complexity index is 103. The number of allylic oxidation sites excluding steroid dienone is 1. The van der Waals surface area contributed by atoms with E-state index in [9.17, 15) is 0 Å². The monoisotopic (exact) mass is 141 g/mol. The minimum Gasteiger partial charge on any atom is -0.311 e. The Labute approximate surface area is 64.5 Å². The Morgan fingerprint density at radius 2 is 2.00 bits per heavy atom. The molecule has 10 heavy (non-hydrogen) atoms. The quantitative estimate of drug-likeness (QED) is 0.592. The number of unbranched alkanes of at least 4 members (excludes halogenated alkanes) is 1. The number of likely N-dealkylation sites (N-methyl/N-ethyl adjacent to an activating group) is 1. The van der Waals surface area contributed by atoms with Gasteiger partial charge in [-0.25, -0.2) is 0 Å². The van der Waals surface area contributed by atoms with Gasteiger partial charge >= 0.3 is 0 Å². The molecule has 0 saturated carbocycles. The van der Waals surface area contributed by atoms with Gasteiger partial charge in [-0.05, 0) is 27.3 Å². The second-order valence-electron chi connectivity index (χ2n) is 3.16. The van der Waals surface area contributed by atoms with Crippen LogP contribution in [-0.4, -0.2) is 12.6 Å². The summed E-state index contributed by atoms with van der Waals surface area (Å²) >= 11 is 0. The summed E-state index contributed by atoms with van der Waals surface area (Å²) in [6.07, 6.45) is 6.87. The first kappa shape index (κ1) is 9.70. The zero-order valence-electron chi connectivity index (χ0n) is 7.57. The topological polar surface area (TPSA) is 12.0 Å². The van der Waals surface area contributed by atoms with Crippen LogP contribution in [0.5, 0.6) is 0 Å². The second kappa shape index (κ2) is 4.51. The molecule has 0 aromatic rings. The third-order valence-corrected chi connectivity index (χ3v) is 1.63. The molecule has 0 aliphatic carbocycles. The summed E-state index contributed by atoms with van der Waals surface area (Å²) in [6.45, 7) is 6.52. The van der Waals surface area contributed by atoms with E-state index in [0.717, 1.165) is 0 Å². The van der Waals surface area contributed by atoms with Crippen molar-refractivity contribution >= 4 is 0 Å². The molecule has 0 aliphatic heterocycles. The van der Waals surface area contributed by atoms with Crippen LogP contribution in [-0.2, 0) is 0 Å². The fourth-order valence-corrected chi connectivity index (χ4v) is 0.628.